The van der Waals surface area contributed by atoms with E-state index in [0.29, 0.717) is 0 Å². The van der Waals surface area contributed by atoms with Gasteiger partial charge in [0.15, 0.2) is 18.5 Å². The van der Waals surface area contributed by atoms with Crippen LogP contribution in [0.3, 0.4) is 0 Å². The van der Waals surface area contributed by atoms with Crippen LogP contribution >= 0.6 is 7.82 Å². The van der Waals surface area contributed by atoms with Crippen molar-refractivity contribution < 1.29 is 43.2 Å². The zero-order valence-corrected chi connectivity index (χ0v) is 12.1. The number of ether oxygens (including phenoxy) is 1. The molecule has 0 saturated carbocycles. The van der Waals surface area contributed by atoms with Crippen LogP contribution < -0.4 is 15.2 Å². The maximum Gasteiger partial charge on any atom is 0.292 e. The van der Waals surface area contributed by atoms with Gasteiger partial charge in [-0.3, -0.25) is 9.36 Å². The van der Waals surface area contributed by atoms with Crippen molar-refractivity contribution in [3.05, 3.63) is 30.1 Å². The number of pyridine rings is 1. The number of phosphoric acid groups is 1. The van der Waals surface area contributed by atoms with Gasteiger partial charge >= 0.3 is 0 Å². The van der Waals surface area contributed by atoms with E-state index in [9.17, 15) is 24.5 Å². The highest BCUT2D eigenvalue weighted by atomic mass is 31.2. The van der Waals surface area contributed by atoms with E-state index in [1.807, 2.05) is 0 Å². The summed E-state index contributed by atoms with van der Waals surface area (Å²) in [6.45, 7) is -0.665. The molecule has 0 radical (unpaired) electrons. The van der Waals surface area contributed by atoms with Gasteiger partial charge in [-0.1, -0.05) is 0 Å². The summed E-state index contributed by atoms with van der Waals surface area (Å²) in [5.74, 6) is -0.685. The lowest BCUT2D eigenvalue weighted by molar-refractivity contribution is -0.765. The van der Waals surface area contributed by atoms with Crippen LogP contribution in [0.15, 0.2) is 24.5 Å². The molecule has 1 saturated heterocycles. The molecular weight excluding hydrogens is 319 g/mol. The van der Waals surface area contributed by atoms with E-state index in [1.165, 1.54) is 29.1 Å². The summed E-state index contributed by atoms with van der Waals surface area (Å²) in [4.78, 5) is 30.2. The summed E-state index contributed by atoms with van der Waals surface area (Å²) >= 11 is 0. The number of carbonyl (C=O) groups excluding carboxylic acids is 1. The Bertz CT molecular complexity index is 606. The van der Waals surface area contributed by atoms with Gasteiger partial charge in [0.2, 0.25) is 0 Å². The average molecular weight is 334 g/mol. The van der Waals surface area contributed by atoms with Crippen molar-refractivity contribution in [1.29, 1.82) is 0 Å². The monoisotopic (exact) mass is 334 g/mol. The number of aromatic nitrogens is 1. The number of nitrogens with two attached hydrogens (primary N) is 1. The second kappa shape index (κ2) is 6.39. The molecule has 0 aliphatic carbocycles. The van der Waals surface area contributed by atoms with E-state index in [-0.39, 0.29) is 5.56 Å². The Morgan fingerprint density at radius 2 is 2.18 bits per heavy atom. The van der Waals surface area contributed by atoms with Crippen LogP contribution in [0.4, 0.5) is 0 Å². The number of aliphatic hydroxyl groups is 2. The normalized spacial score (nSPS) is 30.9. The molecule has 22 heavy (non-hydrogen) atoms. The molecule has 1 aromatic rings. The summed E-state index contributed by atoms with van der Waals surface area (Å²) in [6.07, 6.45) is -2.31. The maximum absolute atomic E-state index is 11.1. The number of rotatable bonds is 5. The summed E-state index contributed by atoms with van der Waals surface area (Å²) in [7, 11) is -4.97. The predicted octanol–water partition coefficient (Wildman–Crippen LogP) is -2.83. The molecule has 5 atom stereocenters. The molecule has 1 aromatic heterocycles. The zero-order valence-electron chi connectivity index (χ0n) is 11.2. The van der Waals surface area contributed by atoms with Crippen molar-refractivity contribution in [3.8, 4) is 0 Å². The smallest absolute Gasteiger partial charge is 0.292 e. The highest BCUT2D eigenvalue weighted by Gasteiger charge is 2.48. The Balaban J connectivity index is 2.14. The number of hydrogen-bond donors (Lipinski definition) is 4. The number of nitrogens with zero attached hydrogens (tertiary/aromatic N) is 1. The molecule has 1 aliphatic heterocycles. The Morgan fingerprint density at radius 1 is 1.50 bits per heavy atom. The summed E-state index contributed by atoms with van der Waals surface area (Å²) < 4.78 is 21.3. The Kier molecular flexibility index (Phi) is 4.93. The van der Waals surface area contributed by atoms with Gasteiger partial charge in [-0.05, 0) is 6.07 Å². The van der Waals surface area contributed by atoms with Crippen LogP contribution in [0.25, 0.3) is 0 Å². The molecule has 2 rings (SSSR count). The first-order valence-corrected chi connectivity index (χ1v) is 7.69. The average Bonchev–Trinajstić information content (AvgIpc) is 2.72. The molecule has 4 unspecified atom stereocenters. The maximum atomic E-state index is 11.1. The lowest BCUT2D eigenvalue weighted by atomic mass is 10.1. The van der Waals surface area contributed by atoms with Crippen molar-refractivity contribution in [3.63, 3.8) is 0 Å². The van der Waals surface area contributed by atoms with Crippen LogP contribution in [0.1, 0.15) is 16.6 Å². The van der Waals surface area contributed by atoms with E-state index in [4.69, 9.17) is 15.4 Å². The minimum atomic E-state index is -4.97. The molecule has 1 amide bonds. The molecule has 11 heteroatoms. The van der Waals surface area contributed by atoms with Crippen molar-refractivity contribution in [2.75, 3.05) is 6.61 Å². The van der Waals surface area contributed by atoms with Gasteiger partial charge in [-0.15, -0.1) is 0 Å². The quantitative estimate of drug-likeness (QED) is 0.330. The van der Waals surface area contributed by atoms with Crippen molar-refractivity contribution in [1.82, 2.24) is 0 Å². The molecule has 1 fully saturated rings. The molecule has 2 heterocycles. The molecule has 10 nitrogen and oxygen atoms in total. The molecule has 0 aromatic carbocycles. The Labute approximate surface area is 124 Å². The number of carbonyl (C=O) groups is 1. The summed E-state index contributed by atoms with van der Waals surface area (Å²) in [5, 5.41) is 19.8. The number of hydrogen-bond acceptors (Lipinski definition) is 7. The minimum Gasteiger partial charge on any atom is -0.756 e. The SMILES string of the molecule is NC(=O)c1ccc[n+](C2OC(COP(=O)([O-])O)C(O)[C@H]2O)c1. The van der Waals surface area contributed by atoms with Gasteiger partial charge in [0, 0.05) is 6.07 Å². The molecule has 122 valence electrons. The third-order valence-corrected chi connectivity index (χ3v) is 3.62. The second-order valence-electron chi connectivity index (χ2n) is 4.71. The third-order valence-electron chi connectivity index (χ3n) is 3.14. The largest absolute Gasteiger partial charge is 0.756 e. The van der Waals surface area contributed by atoms with Crippen molar-refractivity contribution in [2.24, 2.45) is 5.73 Å². The first-order chi connectivity index (χ1) is 10.2. The van der Waals surface area contributed by atoms with Crippen LogP contribution in [-0.4, -0.2) is 45.9 Å². The molecule has 5 N–H and O–H groups in total. The second-order valence-corrected chi connectivity index (χ2v) is 5.91. The fraction of sp³-hybridized carbons (Fsp3) is 0.455. The first kappa shape index (κ1) is 17.0. The van der Waals surface area contributed by atoms with Gasteiger partial charge in [0.1, 0.15) is 17.8 Å². The minimum absolute atomic E-state index is 0.159. The first-order valence-electron chi connectivity index (χ1n) is 6.19. The van der Waals surface area contributed by atoms with Crippen LogP contribution in [0.5, 0.6) is 0 Å². The van der Waals surface area contributed by atoms with E-state index in [0.717, 1.165) is 0 Å². The summed E-state index contributed by atoms with van der Waals surface area (Å²) in [6, 6.07) is 2.95. The molecule has 0 bridgehead atoms. The number of amides is 1. The standard InChI is InChI=1S/C11H15N2O8P/c12-10(16)6-2-1-3-13(4-6)11-9(15)8(14)7(21-11)5-20-22(17,18)19/h1-4,7-9,11,14-15H,5H2,(H3-,12,16,17,18,19)/t7?,8?,9-,11?/m1/s1. The number of phosphoric ester groups is 1. The van der Waals surface area contributed by atoms with Crippen LogP contribution in [-0.2, 0) is 13.8 Å². The fourth-order valence-corrected chi connectivity index (χ4v) is 2.41. The third kappa shape index (κ3) is 3.87. The lowest BCUT2D eigenvalue weighted by Crippen LogP contribution is -2.46. The van der Waals surface area contributed by atoms with Gasteiger partial charge in [-0.25, -0.2) is 0 Å². The molecule has 0 spiro atoms. The highest BCUT2D eigenvalue weighted by molar-refractivity contribution is 7.44. The van der Waals surface area contributed by atoms with Gasteiger partial charge < -0.3 is 35.0 Å². The number of primary amides is 1. The summed E-state index contributed by atoms with van der Waals surface area (Å²) in [5.41, 5.74) is 5.31. The Morgan fingerprint density at radius 3 is 2.77 bits per heavy atom. The van der Waals surface area contributed by atoms with Gasteiger partial charge in [0.05, 0.1) is 6.61 Å². The molecular formula is C11H15N2O8P. The van der Waals surface area contributed by atoms with E-state index >= 15 is 0 Å². The highest BCUT2D eigenvalue weighted by Crippen LogP contribution is 2.33. The van der Waals surface area contributed by atoms with Crippen LogP contribution in [0.2, 0.25) is 0 Å². The lowest BCUT2D eigenvalue weighted by Gasteiger charge is -2.19. The predicted molar refractivity (Wildman–Crippen MR) is 66.9 cm³/mol. The van der Waals surface area contributed by atoms with Crippen molar-refractivity contribution in [2.45, 2.75) is 24.5 Å². The van der Waals surface area contributed by atoms with Crippen molar-refractivity contribution >= 4 is 13.7 Å². The van der Waals surface area contributed by atoms with E-state index < -0.39 is 44.9 Å². The zero-order chi connectivity index (χ0) is 16.5. The molecule has 1 aliphatic rings. The van der Waals surface area contributed by atoms with Gasteiger partial charge in [-0.2, -0.15) is 4.57 Å². The topological polar surface area (TPSA) is 166 Å². The van der Waals surface area contributed by atoms with E-state index in [2.05, 4.69) is 4.52 Å². The number of aliphatic hydroxyl groups excluding tert-OH is 2. The Hall–Kier alpha value is -1.39. The van der Waals surface area contributed by atoms with Crippen LogP contribution in [0, 0.1) is 0 Å². The van der Waals surface area contributed by atoms with Gasteiger partial charge in [0.25, 0.3) is 20.0 Å². The van der Waals surface area contributed by atoms with E-state index in [1.54, 1.807) is 0 Å². The fourth-order valence-electron chi connectivity index (χ4n) is 2.08.